The predicted molar refractivity (Wildman–Crippen MR) is 95.9 cm³/mol. The van der Waals surface area contributed by atoms with E-state index in [4.69, 9.17) is 9.47 Å². The minimum Gasteiger partial charge on any atom is -0.393 e. The highest BCUT2D eigenvalue weighted by Crippen LogP contribution is 2.68. The zero-order valence-corrected chi connectivity index (χ0v) is 15.5. The lowest BCUT2D eigenvalue weighted by molar-refractivity contribution is -0.352. The molecule has 4 fully saturated rings. The molecule has 1 heterocycles. The average Bonchev–Trinajstić information content (AvgIpc) is 3.14. The molecule has 0 aromatic heterocycles. The zero-order chi connectivity index (χ0) is 17.5. The van der Waals surface area contributed by atoms with Crippen LogP contribution in [0.4, 0.5) is 0 Å². The van der Waals surface area contributed by atoms with Crippen LogP contribution in [0.3, 0.4) is 0 Å². The second-order valence-electron chi connectivity index (χ2n) is 8.73. The number of hydrogen-bond donors (Lipinski definition) is 2. The quantitative estimate of drug-likeness (QED) is 0.763. The highest BCUT2D eigenvalue weighted by atomic mass is 16.7. The van der Waals surface area contributed by atoms with Crippen LogP contribution in [0.5, 0.6) is 0 Å². The van der Waals surface area contributed by atoms with Crippen molar-refractivity contribution in [1.29, 1.82) is 0 Å². The highest BCUT2D eigenvalue weighted by molar-refractivity contribution is 5.18. The van der Waals surface area contributed by atoms with Gasteiger partial charge in [0.05, 0.1) is 25.4 Å². The van der Waals surface area contributed by atoms with Gasteiger partial charge in [-0.2, -0.15) is 0 Å². The number of aliphatic hydroxyl groups is 2. The molecule has 1 spiro atoms. The third-order valence-corrected chi connectivity index (χ3v) is 7.80. The molecular formula is C21H34O4. The van der Waals surface area contributed by atoms with E-state index < -0.39 is 5.79 Å². The van der Waals surface area contributed by atoms with Crippen molar-refractivity contribution < 1.29 is 19.7 Å². The van der Waals surface area contributed by atoms with Crippen LogP contribution in [0.1, 0.15) is 64.7 Å². The summed E-state index contributed by atoms with van der Waals surface area (Å²) in [5.74, 6) is 0.510. The van der Waals surface area contributed by atoms with Crippen molar-refractivity contribution >= 4 is 0 Å². The Morgan fingerprint density at radius 2 is 1.84 bits per heavy atom. The fraction of sp³-hybridized carbons (Fsp3) is 0.905. The van der Waals surface area contributed by atoms with E-state index in [0.717, 1.165) is 38.5 Å². The van der Waals surface area contributed by atoms with E-state index >= 15 is 0 Å². The first kappa shape index (κ1) is 18.0. The van der Waals surface area contributed by atoms with Gasteiger partial charge in [-0.25, -0.2) is 0 Å². The molecule has 0 aromatic rings. The number of ether oxygens (including phenoxy) is 2. The topological polar surface area (TPSA) is 58.9 Å². The van der Waals surface area contributed by atoms with Gasteiger partial charge in [0.15, 0.2) is 5.79 Å². The van der Waals surface area contributed by atoms with Crippen LogP contribution in [0, 0.1) is 23.2 Å². The van der Waals surface area contributed by atoms with Gasteiger partial charge in [-0.05, 0) is 43.9 Å². The van der Waals surface area contributed by atoms with Gasteiger partial charge in [-0.15, -0.1) is 0 Å². The van der Waals surface area contributed by atoms with Crippen LogP contribution < -0.4 is 0 Å². The summed E-state index contributed by atoms with van der Waals surface area (Å²) in [6, 6.07) is 0. The molecule has 3 aliphatic carbocycles. The zero-order valence-electron chi connectivity index (χ0n) is 15.5. The van der Waals surface area contributed by atoms with Crippen LogP contribution in [-0.2, 0) is 9.47 Å². The van der Waals surface area contributed by atoms with Crippen molar-refractivity contribution in [3.63, 3.8) is 0 Å². The van der Waals surface area contributed by atoms with Gasteiger partial charge in [-0.3, -0.25) is 0 Å². The van der Waals surface area contributed by atoms with Gasteiger partial charge in [0.1, 0.15) is 0 Å². The maximum absolute atomic E-state index is 10.6. The van der Waals surface area contributed by atoms with E-state index in [1.165, 1.54) is 19.3 Å². The predicted octanol–water partition coefficient (Wildman–Crippen LogP) is 3.41. The minimum absolute atomic E-state index is 0.0352. The number of aliphatic hydroxyl groups excluding tert-OH is 2. The summed E-state index contributed by atoms with van der Waals surface area (Å²) in [7, 11) is 0. The molecule has 1 saturated heterocycles. The lowest BCUT2D eigenvalue weighted by atomic mass is 9.45. The van der Waals surface area contributed by atoms with E-state index in [0.29, 0.717) is 25.0 Å². The third kappa shape index (κ3) is 2.80. The van der Waals surface area contributed by atoms with Crippen LogP contribution in [-0.4, -0.2) is 41.4 Å². The van der Waals surface area contributed by atoms with Crippen LogP contribution in [0.2, 0.25) is 0 Å². The van der Waals surface area contributed by atoms with Crippen LogP contribution in [0.25, 0.3) is 0 Å². The van der Waals surface area contributed by atoms with E-state index in [1.807, 2.05) is 6.08 Å². The Kier molecular flexibility index (Phi) is 5.00. The van der Waals surface area contributed by atoms with Crippen molar-refractivity contribution in [2.24, 2.45) is 23.2 Å². The smallest absolute Gasteiger partial charge is 0.174 e. The molecule has 4 nitrogen and oxygen atoms in total. The van der Waals surface area contributed by atoms with Crippen molar-refractivity contribution in [3.05, 3.63) is 12.2 Å². The largest absolute Gasteiger partial charge is 0.393 e. The molecule has 3 saturated carbocycles. The molecule has 0 radical (unpaired) electrons. The van der Waals surface area contributed by atoms with Crippen molar-refractivity contribution in [2.75, 3.05) is 13.2 Å². The minimum atomic E-state index is -0.402. The summed E-state index contributed by atoms with van der Waals surface area (Å²) in [5, 5.41) is 21.2. The average molecular weight is 350 g/mol. The van der Waals surface area contributed by atoms with E-state index in [1.54, 1.807) is 0 Å². The Labute approximate surface area is 151 Å². The molecule has 4 aliphatic rings. The van der Waals surface area contributed by atoms with E-state index in [-0.39, 0.29) is 23.5 Å². The van der Waals surface area contributed by atoms with Crippen molar-refractivity contribution in [2.45, 2.75) is 82.7 Å². The summed E-state index contributed by atoms with van der Waals surface area (Å²) in [6.45, 7) is 3.62. The Morgan fingerprint density at radius 3 is 2.52 bits per heavy atom. The van der Waals surface area contributed by atoms with Crippen molar-refractivity contribution in [1.82, 2.24) is 0 Å². The highest BCUT2D eigenvalue weighted by Gasteiger charge is 2.70. The summed E-state index contributed by atoms with van der Waals surface area (Å²) >= 11 is 0. The molecule has 5 atom stereocenters. The molecule has 0 bridgehead atoms. The SMILES string of the molecule is CC[C@@]12CC[C@H](O)[C@@H](/C=C/[C@@H](O)C3CCCCC3)[C@@H]1CC21OCCO1. The molecule has 25 heavy (non-hydrogen) atoms. The second-order valence-corrected chi connectivity index (χ2v) is 8.73. The standard InChI is InChI=1S/C21H34O4/c1-2-20-11-10-19(23)16(17(20)14-21(20)24-12-13-25-21)8-9-18(22)15-6-4-3-5-7-15/h8-9,15-19,22-23H,2-7,10-14H2,1H3/b9-8+/t16-,17-,18+,19-,20+/m0/s1. The molecule has 4 rings (SSSR count). The fourth-order valence-corrected chi connectivity index (χ4v) is 6.29. The Balaban J connectivity index is 1.48. The normalized spacial score (nSPS) is 42.4. The molecule has 142 valence electrons. The Hall–Kier alpha value is -0.420. The van der Waals surface area contributed by atoms with Gasteiger partial charge in [0.25, 0.3) is 0 Å². The molecule has 0 unspecified atom stereocenters. The fourth-order valence-electron chi connectivity index (χ4n) is 6.29. The molecule has 4 heteroatoms. The monoisotopic (exact) mass is 350 g/mol. The van der Waals surface area contributed by atoms with Gasteiger partial charge in [0, 0.05) is 17.8 Å². The molecule has 1 aliphatic heterocycles. The van der Waals surface area contributed by atoms with Crippen LogP contribution in [0.15, 0.2) is 12.2 Å². The third-order valence-electron chi connectivity index (χ3n) is 7.80. The van der Waals surface area contributed by atoms with Crippen LogP contribution >= 0.6 is 0 Å². The van der Waals surface area contributed by atoms with Gasteiger partial charge in [0.2, 0.25) is 0 Å². The summed E-state index contributed by atoms with van der Waals surface area (Å²) in [4.78, 5) is 0. The number of rotatable bonds is 4. The second kappa shape index (κ2) is 6.95. The first-order valence-corrected chi connectivity index (χ1v) is 10.4. The summed E-state index contributed by atoms with van der Waals surface area (Å²) in [6.07, 6.45) is 13.2. The first-order valence-electron chi connectivity index (χ1n) is 10.4. The van der Waals surface area contributed by atoms with E-state index in [9.17, 15) is 10.2 Å². The van der Waals surface area contributed by atoms with Gasteiger partial charge in [-0.1, -0.05) is 38.3 Å². The lowest BCUT2D eigenvalue weighted by Crippen LogP contribution is -2.68. The summed E-state index contributed by atoms with van der Waals surface area (Å²) < 4.78 is 12.1. The lowest BCUT2D eigenvalue weighted by Gasteiger charge is -2.65. The molecular weight excluding hydrogens is 316 g/mol. The first-order chi connectivity index (χ1) is 12.1. The molecule has 0 aromatic carbocycles. The summed E-state index contributed by atoms with van der Waals surface area (Å²) in [5.41, 5.74) is 0.0352. The molecule has 0 amide bonds. The van der Waals surface area contributed by atoms with E-state index in [2.05, 4.69) is 13.0 Å². The molecule has 2 N–H and O–H groups in total. The maximum atomic E-state index is 10.6. The number of fused-ring (bicyclic) bond motifs is 2. The van der Waals surface area contributed by atoms with Gasteiger partial charge >= 0.3 is 0 Å². The van der Waals surface area contributed by atoms with Gasteiger partial charge < -0.3 is 19.7 Å². The number of hydrogen-bond acceptors (Lipinski definition) is 4. The van der Waals surface area contributed by atoms with Crippen molar-refractivity contribution in [3.8, 4) is 0 Å². The Bertz CT molecular complexity index is 492. The Morgan fingerprint density at radius 1 is 1.12 bits per heavy atom. The maximum Gasteiger partial charge on any atom is 0.174 e.